The molecule has 4 rings (SSSR count). The zero-order chi connectivity index (χ0) is 18.6. The standard InChI is InChI=1S/C21H14FNO2S2/c22-15-11-9-14(10-12-15)13-25-19-8-4-2-6-17(19)21-23-20(26-27-21)16-5-1-3-7-18(16)24/h1-12H,13H2/b20-16-. The first-order chi connectivity index (χ1) is 13.2. The van der Waals surface area contributed by atoms with Gasteiger partial charge in [0.1, 0.15) is 28.2 Å². The van der Waals surface area contributed by atoms with Crippen LogP contribution in [0.3, 0.4) is 0 Å². The molecular weight excluding hydrogens is 381 g/mol. The molecule has 0 radical (unpaired) electrons. The number of allylic oxidation sites excluding steroid dienone is 5. The molecule has 1 aliphatic heterocycles. The van der Waals surface area contributed by atoms with Crippen LogP contribution in [0.1, 0.15) is 11.1 Å². The largest absolute Gasteiger partial charge is 0.488 e. The normalized spacial score (nSPS) is 18.7. The van der Waals surface area contributed by atoms with Gasteiger partial charge in [0.2, 0.25) is 0 Å². The summed E-state index contributed by atoms with van der Waals surface area (Å²) in [5.74, 6) is 0.395. The fourth-order valence-corrected chi connectivity index (χ4v) is 4.80. The molecule has 0 spiro atoms. The van der Waals surface area contributed by atoms with E-state index in [-0.39, 0.29) is 11.6 Å². The van der Waals surface area contributed by atoms with E-state index in [4.69, 9.17) is 4.74 Å². The average molecular weight is 395 g/mol. The summed E-state index contributed by atoms with van der Waals surface area (Å²) in [5.41, 5.74) is 2.36. The molecule has 0 atom stereocenters. The van der Waals surface area contributed by atoms with Crippen LogP contribution < -0.4 is 4.74 Å². The summed E-state index contributed by atoms with van der Waals surface area (Å²) in [6.07, 6.45) is 6.89. The number of rotatable bonds is 4. The maximum atomic E-state index is 13.0. The van der Waals surface area contributed by atoms with Crippen LogP contribution >= 0.6 is 21.6 Å². The Kier molecular flexibility index (Phi) is 5.27. The van der Waals surface area contributed by atoms with Crippen LogP contribution in [0.4, 0.5) is 4.39 Å². The Bertz CT molecular complexity index is 1010. The van der Waals surface area contributed by atoms with E-state index in [9.17, 15) is 9.18 Å². The first kappa shape index (κ1) is 17.8. The second-order valence-electron chi connectivity index (χ2n) is 5.80. The highest BCUT2D eigenvalue weighted by molar-refractivity contribution is 8.84. The van der Waals surface area contributed by atoms with E-state index in [1.165, 1.54) is 33.7 Å². The fraction of sp³-hybridized carbons (Fsp3) is 0.0476. The van der Waals surface area contributed by atoms with Crippen LogP contribution in [0.25, 0.3) is 0 Å². The van der Waals surface area contributed by atoms with Crippen molar-refractivity contribution in [3.63, 3.8) is 0 Å². The highest BCUT2D eigenvalue weighted by atomic mass is 33.1. The lowest BCUT2D eigenvalue weighted by atomic mass is 10.1. The Hall–Kier alpha value is -2.57. The minimum absolute atomic E-state index is 0.0357. The zero-order valence-electron chi connectivity index (χ0n) is 14.1. The second kappa shape index (κ2) is 7.98. The van der Waals surface area contributed by atoms with Crippen molar-refractivity contribution in [3.05, 3.63) is 100 Å². The summed E-state index contributed by atoms with van der Waals surface area (Å²) in [6, 6.07) is 13.9. The first-order valence-electron chi connectivity index (χ1n) is 8.24. The molecule has 134 valence electrons. The topological polar surface area (TPSA) is 38.7 Å². The Morgan fingerprint density at radius 1 is 0.963 bits per heavy atom. The molecule has 6 heteroatoms. The quantitative estimate of drug-likeness (QED) is 0.509. The third-order valence-electron chi connectivity index (χ3n) is 3.95. The van der Waals surface area contributed by atoms with E-state index in [0.29, 0.717) is 23.0 Å². The Balaban J connectivity index is 1.58. The van der Waals surface area contributed by atoms with Crippen molar-refractivity contribution < 1.29 is 13.9 Å². The Morgan fingerprint density at radius 2 is 1.74 bits per heavy atom. The molecule has 0 amide bonds. The van der Waals surface area contributed by atoms with Crippen LogP contribution in [0, 0.1) is 5.82 Å². The van der Waals surface area contributed by atoms with Crippen molar-refractivity contribution in [1.29, 1.82) is 0 Å². The molecule has 2 aromatic rings. The number of para-hydroxylation sites is 1. The Labute approximate surface area is 164 Å². The van der Waals surface area contributed by atoms with Gasteiger partial charge in [-0.1, -0.05) is 36.4 Å². The molecule has 0 aromatic heterocycles. The van der Waals surface area contributed by atoms with Gasteiger partial charge in [-0.25, -0.2) is 9.38 Å². The lowest BCUT2D eigenvalue weighted by molar-refractivity contribution is -0.111. The lowest BCUT2D eigenvalue weighted by Crippen LogP contribution is -2.02. The molecule has 2 aliphatic rings. The van der Waals surface area contributed by atoms with E-state index in [1.807, 2.05) is 30.3 Å². The van der Waals surface area contributed by atoms with Crippen molar-refractivity contribution in [2.75, 3.05) is 0 Å². The summed E-state index contributed by atoms with van der Waals surface area (Å²) in [6.45, 7) is 0.336. The van der Waals surface area contributed by atoms with Gasteiger partial charge in [0.15, 0.2) is 5.78 Å². The van der Waals surface area contributed by atoms with E-state index < -0.39 is 0 Å². The minimum Gasteiger partial charge on any atom is -0.488 e. The number of benzene rings is 2. The fourth-order valence-electron chi connectivity index (χ4n) is 2.57. The van der Waals surface area contributed by atoms with Gasteiger partial charge in [-0.15, -0.1) is 0 Å². The minimum atomic E-state index is -0.269. The second-order valence-corrected chi connectivity index (χ2v) is 7.90. The van der Waals surface area contributed by atoms with Gasteiger partial charge >= 0.3 is 0 Å². The molecule has 0 fully saturated rings. The van der Waals surface area contributed by atoms with Gasteiger partial charge < -0.3 is 4.74 Å². The van der Waals surface area contributed by atoms with E-state index in [2.05, 4.69) is 4.99 Å². The zero-order valence-corrected chi connectivity index (χ0v) is 15.7. The van der Waals surface area contributed by atoms with E-state index >= 15 is 0 Å². The Morgan fingerprint density at radius 3 is 2.56 bits per heavy atom. The van der Waals surface area contributed by atoms with E-state index in [1.54, 1.807) is 30.4 Å². The molecule has 3 nitrogen and oxygen atoms in total. The molecule has 0 saturated carbocycles. The summed E-state index contributed by atoms with van der Waals surface area (Å²) in [5, 5.41) is 1.50. The number of carbonyl (C=O) groups excluding carboxylic acids is 1. The van der Waals surface area contributed by atoms with Gasteiger partial charge in [0.05, 0.1) is 5.57 Å². The van der Waals surface area contributed by atoms with Crippen LogP contribution in [-0.2, 0) is 11.4 Å². The highest BCUT2D eigenvalue weighted by Crippen LogP contribution is 2.45. The molecule has 27 heavy (non-hydrogen) atoms. The number of hydrogen-bond donors (Lipinski definition) is 0. The molecule has 1 aliphatic carbocycles. The molecular formula is C21H14FNO2S2. The van der Waals surface area contributed by atoms with Crippen molar-refractivity contribution in [1.82, 2.24) is 0 Å². The van der Waals surface area contributed by atoms with Crippen LogP contribution in [0.5, 0.6) is 5.75 Å². The van der Waals surface area contributed by atoms with Gasteiger partial charge in [-0.05, 0) is 63.6 Å². The summed E-state index contributed by atoms with van der Waals surface area (Å²) < 4.78 is 19.0. The van der Waals surface area contributed by atoms with Crippen molar-refractivity contribution in [3.8, 4) is 5.75 Å². The maximum Gasteiger partial charge on any atom is 0.188 e. The summed E-state index contributed by atoms with van der Waals surface area (Å²) in [7, 11) is 2.98. The third-order valence-corrected chi connectivity index (χ3v) is 6.16. The molecule has 0 unspecified atom stereocenters. The third kappa shape index (κ3) is 4.07. The first-order valence-corrected chi connectivity index (χ1v) is 10.4. The molecule has 1 heterocycles. The van der Waals surface area contributed by atoms with Crippen LogP contribution in [0.15, 0.2) is 88.4 Å². The van der Waals surface area contributed by atoms with Crippen molar-refractivity contribution >= 4 is 32.4 Å². The number of ether oxygens (including phenoxy) is 1. The number of hydrogen-bond acceptors (Lipinski definition) is 5. The monoisotopic (exact) mass is 395 g/mol. The SMILES string of the molecule is O=C1C=CC=C/C1=C1\N=C(c2ccccc2OCc2ccc(F)cc2)SS1. The summed E-state index contributed by atoms with van der Waals surface area (Å²) in [4.78, 5) is 16.7. The van der Waals surface area contributed by atoms with Crippen molar-refractivity contribution in [2.45, 2.75) is 6.61 Å². The number of halogens is 1. The molecule has 0 bridgehead atoms. The molecule has 0 saturated heterocycles. The number of aliphatic imine (C=N–C) groups is 1. The van der Waals surface area contributed by atoms with Crippen LogP contribution in [-0.4, -0.2) is 10.8 Å². The van der Waals surface area contributed by atoms with Gasteiger partial charge in [-0.2, -0.15) is 0 Å². The predicted octanol–water partition coefficient (Wildman–Crippen LogP) is 5.45. The molecule has 0 N–H and O–H groups in total. The number of ketones is 1. The number of nitrogens with zero attached hydrogens (tertiary/aromatic N) is 1. The smallest absolute Gasteiger partial charge is 0.188 e. The van der Waals surface area contributed by atoms with Gasteiger partial charge in [0.25, 0.3) is 0 Å². The highest BCUT2D eigenvalue weighted by Gasteiger charge is 2.23. The molecule has 2 aromatic carbocycles. The average Bonchev–Trinajstić information content (AvgIpc) is 3.18. The predicted molar refractivity (Wildman–Crippen MR) is 109 cm³/mol. The van der Waals surface area contributed by atoms with E-state index in [0.717, 1.165) is 16.2 Å². The number of carbonyl (C=O) groups is 1. The van der Waals surface area contributed by atoms with Gasteiger partial charge in [-0.3, -0.25) is 4.79 Å². The van der Waals surface area contributed by atoms with Crippen LogP contribution in [0.2, 0.25) is 0 Å². The lowest BCUT2D eigenvalue weighted by Gasteiger charge is -2.10. The summed E-state index contributed by atoms with van der Waals surface area (Å²) >= 11 is 0. The van der Waals surface area contributed by atoms with Gasteiger partial charge in [0, 0.05) is 5.56 Å². The maximum absolute atomic E-state index is 13.0. The van der Waals surface area contributed by atoms with Crippen molar-refractivity contribution in [2.24, 2.45) is 4.99 Å².